The summed E-state index contributed by atoms with van der Waals surface area (Å²) in [6, 6.07) is 0. The van der Waals surface area contributed by atoms with Gasteiger partial charge in [-0.3, -0.25) is 0 Å². The Hall–Kier alpha value is 1.57. The van der Waals surface area contributed by atoms with E-state index in [2.05, 4.69) is 39.3 Å². The molecule has 0 saturated carbocycles. The second-order valence-electron chi connectivity index (χ2n) is 6.33. The molecular weight excluding hydrogens is 298 g/mol. The maximum atomic E-state index is 6.53. The zero-order chi connectivity index (χ0) is 10.9. The van der Waals surface area contributed by atoms with Gasteiger partial charge in [0.05, 0.1) is 0 Å². The molecule has 0 aromatic rings. The molecule has 13 heavy (non-hydrogen) atoms. The van der Waals surface area contributed by atoms with Crippen LogP contribution in [0, 0.1) is 0 Å². The van der Waals surface area contributed by atoms with E-state index in [9.17, 15) is 0 Å². The number of rotatable bonds is 4. The standard InChI is InChI=1S/C8H23AsCl2Si2/c1-12(2,3)7-9(10,11)8-13(4,5)6/h9H,7-8H2,1-6H3. The summed E-state index contributed by atoms with van der Waals surface area (Å²) in [4.78, 5) is 2.39. The van der Waals surface area contributed by atoms with E-state index in [1.807, 2.05) is 0 Å². The monoisotopic (exact) mass is 320 g/mol. The van der Waals surface area contributed by atoms with Gasteiger partial charge < -0.3 is 0 Å². The van der Waals surface area contributed by atoms with Crippen LogP contribution >= 0.6 is 19.9 Å². The molecule has 0 aromatic carbocycles. The molecule has 0 unspecified atom stereocenters. The van der Waals surface area contributed by atoms with Crippen molar-refractivity contribution in [2.45, 2.75) is 48.9 Å². The third kappa shape index (κ3) is 9.87. The summed E-state index contributed by atoms with van der Waals surface area (Å²) in [5.74, 6) is 0. The van der Waals surface area contributed by atoms with Gasteiger partial charge in [-0.2, -0.15) is 0 Å². The number of halogens is 2. The van der Waals surface area contributed by atoms with Crippen molar-refractivity contribution in [1.29, 1.82) is 0 Å². The summed E-state index contributed by atoms with van der Waals surface area (Å²) < 4.78 is 0. The Morgan fingerprint density at radius 1 is 0.769 bits per heavy atom. The first-order valence-corrected chi connectivity index (χ1v) is 20.7. The Balaban J connectivity index is 4.25. The summed E-state index contributed by atoms with van der Waals surface area (Å²) in [5, 5.41) is 0. The fourth-order valence-corrected chi connectivity index (χ4v) is 52.1. The molecule has 0 radical (unpaired) electrons. The van der Waals surface area contributed by atoms with Gasteiger partial charge in [0.1, 0.15) is 0 Å². The molecule has 0 spiro atoms. The predicted octanol–water partition coefficient (Wildman–Crippen LogP) is 4.39. The molecule has 0 rings (SSSR count). The molecule has 0 atom stereocenters. The summed E-state index contributed by atoms with van der Waals surface area (Å²) in [7, 11) is 11.0. The van der Waals surface area contributed by atoms with Gasteiger partial charge in [-0.1, -0.05) is 0 Å². The molecule has 0 aliphatic carbocycles. The van der Waals surface area contributed by atoms with Crippen LogP contribution in [0.15, 0.2) is 0 Å². The molecule has 82 valence electrons. The Bertz CT molecular complexity index is 152. The summed E-state index contributed by atoms with van der Waals surface area (Å²) in [6.45, 7) is 14.2. The predicted molar refractivity (Wildman–Crippen MR) is 75.2 cm³/mol. The van der Waals surface area contributed by atoms with Gasteiger partial charge in [-0.05, 0) is 0 Å². The summed E-state index contributed by atoms with van der Waals surface area (Å²) in [5.41, 5.74) is 0. The first kappa shape index (κ1) is 14.6. The number of hydrogen-bond acceptors (Lipinski definition) is 0. The van der Waals surface area contributed by atoms with Crippen LogP contribution in [0.25, 0.3) is 0 Å². The van der Waals surface area contributed by atoms with Crippen molar-refractivity contribution in [2.75, 3.05) is 0 Å². The second-order valence-corrected chi connectivity index (χ2v) is 33.8. The van der Waals surface area contributed by atoms with E-state index in [4.69, 9.17) is 19.9 Å². The van der Waals surface area contributed by atoms with Gasteiger partial charge in [-0.25, -0.2) is 0 Å². The van der Waals surface area contributed by atoms with E-state index in [-0.39, 0.29) is 0 Å². The molecule has 0 fully saturated rings. The summed E-state index contributed by atoms with van der Waals surface area (Å²) in [6.07, 6.45) is 0. The van der Waals surface area contributed by atoms with Crippen molar-refractivity contribution in [3.63, 3.8) is 0 Å². The SMILES string of the molecule is C[Si](C)(C)C[AsH](Cl)(Cl)C[Si](C)(C)C. The molecule has 0 amide bonds. The zero-order valence-electron chi connectivity index (χ0n) is 9.67. The maximum absolute atomic E-state index is 6.53. The van der Waals surface area contributed by atoms with E-state index in [1.165, 1.54) is 9.66 Å². The molecule has 0 heterocycles. The molecule has 0 N–H and O–H groups in total. The van der Waals surface area contributed by atoms with Crippen LogP contribution in [-0.2, 0) is 0 Å². The van der Waals surface area contributed by atoms with Crippen LogP contribution in [0.4, 0.5) is 0 Å². The van der Waals surface area contributed by atoms with Gasteiger partial charge in [0, 0.05) is 0 Å². The Labute approximate surface area is 96.2 Å². The van der Waals surface area contributed by atoms with Crippen molar-refractivity contribution in [3.05, 3.63) is 0 Å². The molecule has 5 heteroatoms. The van der Waals surface area contributed by atoms with Crippen molar-refractivity contribution < 1.29 is 0 Å². The van der Waals surface area contributed by atoms with E-state index in [1.54, 1.807) is 0 Å². The van der Waals surface area contributed by atoms with Crippen LogP contribution in [0.2, 0.25) is 48.9 Å². The van der Waals surface area contributed by atoms with Gasteiger partial charge in [0.15, 0.2) is 0 Å². The molecular formula is C8H23AsCl2Si2. The van der Waals surface area contributed by atoms with Gasteiger partial charge in [0.25, 0.3) is 0 Å². The van der Waals surface area contributed by atoms with E-state index in [0.717, 1.165) is 0 Å². The Kier molecular flexibility index (Phi) is 5.17. The Morgan fingerprint density at radius 3 is 1.15 bits per heavy atom. The molecule has 0 aliphatic rings. The topological polar surface area (TPSA) is 0 Å². The van der Waals surface area contributed by atoms with Crippen molar-refractivity contribution in [3.8, 4) is 0 Å². The normalized spacial score (nSPS) is 16.0. The number of hydrogen-bond donors (Lipinski definition) is 0. The average Bonchev–Trinajstić information content (AvgIpc) is 1.43. The quantitative estimate of drug-likeness (QED) is 0.674. The Morgan fingerprint density at radius 2 is 1.00 bits per heavy atom. The van der Waals surface area contributed by atoms with E-state index in [0.29, 0.717) is 0 Å². The van der Waals surface area contributed by atoms with Crippen LogP contribution in [-0.4, -0.2) is 27.8 Å². The molecule has 0 nitrogen and oxygen atoms in total. The molecule has 0 aromatic heterocycles. The molecule has 0 saturated heterocycles. The van der Waals surface area contributed by atoms with E-state index < -0.39 is 27.8 Å². The van der Waals surface area contributed by atoms with Crippen LogP contribution in [0.1, 0.15) is 0 Å². The fraction of sp³-hybridized carbons (Fsp3) is 1.00. The molecule has 0 aliphatic heterocycles. The molecule has 0 bridgehead atoms. The summed E-state index contributed by atoms with van der Waals surface area (Å²) >= 11 is -2.41. The van der Waals surface area contributed by atoms with Crippen molar-refractivity contribution in [2.24, 2.45) is 0 Å². The first-order chi connectivity index (χ1) is 5.41. The average molecular weight is 321 g/mol. The van der Waals surface area contributed by atoms with E-state index >= 15 is 0 Å². The van der Waals surface area contributed by atoms with Gasteiger partial charge in [0.2, 0.25) is 0 Å². The fourth-order valence-electron chi connectivity index (χ4n) is 1.61. The van der Waals surface area contributed by atoms with Crippen LogP contribution < -0.4 is 0 Å². The minimum atomic E-state index is -2.41. The second kappa shape index (κ2) is 4.61. The van der Waals surface area contributed by atoms with Gasteiger partial charge in [-0.15, -0.1) is 0 Å². The third-order valence-corrected chi connectivity index (χ3v) is 32.9. The van der Waals surface area contributed by atoms with Crippen LogP contribution in [0.3, 0.4) is 0 Å². The van der Waals surface area contributed by atoms with Gasteiger partial charge >= 0.3 is 96.7 Å². The van der Waals surface area contributed by atoms with Crippen molar-refractivity contribution >= 4 is 47.7 Å². The third-order valence-electron chi connectivity index (χ3n) is 1.58. The first-order valence-electron chi connectivity index (χ1n) is 4.79. The van der Waals surface area contributed by atoms with Crippen molar-refractivity contribution in [1.82, 2.24) is 0 Å². The minimum absolute atomic E-state index is 1.05. The van der Waals surface area contributed by atoms with Crippen LogP contribution in [0.5, 0.6) is 0 Å². The zero-order valence-corrected chi connectivity index (χ0v) is 15.3.